The lowest BCUT2D eigenvalue weighted by Gasteiger charge is -2.29. The summed E-state index contributed by atoms with van der Waals surface area (Å²) in [5, 5.41) is 10.9. The molecule has 1 atom stereocenters. The van der Waals surface area contributed by atoms with Crippen molar-refractivity contribution in [1.82, 2.24) is 0 Å². The molecule has 5 heteroatoms. The van der Waals surface area contributed by atoms with Gasteiger partial charge in [0.15, 0.2) is 6.10 Å². The molecule has 0 amide bonds. The van der Waals surface area contributed by atoms with Crippen LogP contribution >= 0.6 is 0 Å². The van der Waals surface area contributed by atoms with Crippen LogP contribution in [0.25, 0.3) is 0 Å². The molecule has 0 aliphatic rings. The van der Waals surface area contributed by atoms with E-state index in [2.05, 4.69) is 55.5 Å². The van der Waals surface area contributed by atoms with Crippen molar-refractivity contribution in [3.8, 4) is 0 Å². The largest absolute Gasteiger partial charge is 0.550 e. The Morgan fingerprint density at radius 3 is 1.90 bits per heavy atom. The molecule has 0 saturated carbocycles. The number of nitrogens with zero attached hydrogens (tertiary/aromatic N) is 1. The Morgan fingerprint density at radius 2 is 1.40 bits per heavy atom. The van der Waals surface area contributed by atoms with Crippen LogP contribution in [0.1, 0.15) is 64.7 Å². The first kappa shape index (κ1) is 27.9. The van der Waals surface area contributed by atoms with E-state index in [1.54, 1.807) is 0 Å². The molecular weight excluding hydrogens is 378 g/mol. The van der Waals surface area contributed by atoms with Crippen molar-refractivity contribution < 1.29 is 23.9 Å². The molecule has 0 radical (unpaired) electrons. The molecule has 170 valence electrons. The Kier molecular flexibility index (Phi) is 16.4. The molecule has 1 unspecified atom stereocenters. The molecule has 0 aromatic carbocycles. The standard InChI is InChI=1S/C25H41NO4/c1-5-6-7-8-9-10-11-12-13-14-15-16-17-18-19-20-25(29)30-23(21-24(27)28)22-26(2,3)4/h6-7,9-10,12-13,15-16,23H,5,8,11,14,17-22H2,1-4H3/b7-6+,10-9+,13-12+,16-15+. The lowest BCUT2D eigenvalue weighted by Crippen LogP contribution is -2.45. The Balaban J connectivity index is 3.87. The molecule has 0 rings (SSSR count). The Hall–Kier alpha value is -2.14. The smallest absolute Gasteiger partial charge is 0.306 e. The third kappa shape index (κ3) is 20.6. The number of quaternary nitrogens is 1. The highest BCUT2D eigenvalue weighted by Crippen LogP contribution is 2.09. The number of hydrogen-bond acceptors (Lipinski definition) is 4. The van der Waals surface area contributed by atoms with Crippen LogP contribution in [0.15, 0.2) is 48.6 Å². The van der Waals surface area contributed by atoms with Crippen LogP contribution in [0.4, 0.5) is 0 Å². The summed E-state index contributed by atoms with van der Waals surface area (Å²) in [4.78, 5) is 22.8. The molecule has 30 heavy (non-hydrogen) atoms. The number of aliphatic carboxylic acids is 1. The maximum Gasteiger partial charge on any atom is 0.306 e. The van der Waals surface area contributed by atoms with Gasteiger partial charge in [-0.1, -0.05) is 55.5 Å². The Bertz CT molecular complexity index is 582. The predicted molar refractivity (Wildman–Crippen MR) is 122 cm³/mol. The maximum absolute atomic E-state index is 12.0. The van der Waals surface area contributed by atoms with Crippen molar-refractivity contribution in [2.75, 3.05) is 27.7 Å². The lowest BCUT2D eigenvalue weighted by molar-refractivity contribution is -0.873. The zero-order chi connectivity index (χ0) is 22.7. The van der Waals surface area contributed by atoms with Crippen LogP contribution in [0, 0.1) is 0 Å². The van der Waals surface area contributed by atoms with E-state index >= 15 is 0 Å². The number of ether oxygens (including phenoxy) is 1. The molecule has 0 aromatic heterocycles. The number of hydrogen-bond donors (Lipinski definition) is 0. The van der Waals surface area contributed by atoms with Gasteiger partial charge in [0.2, 0.25) is 0 Å². The van der Waals surface area contributed by atoms with Crippen LogP contribution in [0.2, 0.25) is 0 Å². The molecule has 0 fully saturated rings. The first-order valence-electron chi connectivity index (χ1n) is 11.0. The van der Waals surface area contributed by atoms with Crippen molar-refractivity contribution in [3.05, 3.63) is 48.6 Å². The van der Waals surface area contributed by atoms with Crippen LogP contribution in [-0.4, -0.2) is 50.2 Å². The van der Waals surface area contributed by atoms with Gasteiger partial charge in [-0.05, 0) is 44.9 Å². The minimum atomic E-state index is -1.19. The number of carboxylic acids is 1. The third-order valence-corrected chi connectivity index (χ3v) is 4.16. The molecule has 0 aliphatic heterocycles. The average molecular weight is 420 g/mol. The second-order valence-corrected chi connectivity index (χ2v) is 8.41. The molecule has 0 N–H and O–H groups in total. The number of carbonyl (C=O) groups is 2. The molecule has 5 nitrogen and oxygen atoms in total. The lowest BCUT2D eigenvalue weighted by atomic mass is 10.1. The fourth-order valence-electron chi connectivity index (χ4n) is 2.81. The summed E-state index contributed by atoms with van der Waals surface area (Å²) in [6, 6.07) is 0. The van der Waals surface area contributed by atoms with Gasteiger partial charge in [-0.25, -0.2) is 0 Å². The summed E-state index contributed by atoms with van der Waals surface area (Å²) in [5.74, 6) is -1.53. The topological polar surface area (TPSA) is 66.4 Å². The van der Waals surface area contributed by atoms with Crippen LogP contribution < -0.4 is 5.11 Å². The number of allylic oxidation sites excluding steroid dienone is 8. The summed E-state index contributed by atoms with van der Waals surface area (Å²) in [6.07, 6.45) is 23.3. The zero-order valence-corrected chi connectivity index (χ0v) is 19.3. The predicted octanol–water partition coefficient (Wildman–Crippen LogP) is 4.11. The van der Waals surface area contributed by atoms with E-state index in [0.717, 1.165) is 44.9 Å². The molecule has 0 aliphatic carbocycles. The number of carboxylic acid groups (broad SMARTS) is 1. The maximum atomic E-state index is 12.0. The molecule has 0 aromatic rings. The molecule has 0 bridgehead atoms. The second-order valence-electron chi connectivity index (χ2n) is 8.41. The van der Waals surface area contributed by atoms with Gasteiger partial charge in [0.05, 0.1) is 21.1 Å². The van der Waals surface area contributed by atoms with E-state index in [-0.39, 0.29) is 12.4 Å². The van der Waals surface area contributed by atoms with E-state index in [4.69, 9.17) is 4.74 Å². The van der Waals surface area contributed by atoms with Crippen molar-refractivity contribution in [2.45, 2.75) is 70.8 Å². The fraction of sp³-hybridized carbons (Fsp3) is 0.600. The van der Waals surface area contributed by atoms with Gasteiger partial charge in [-0.15, -0.1) is 0 Å². The Morgan fingerprint density at radius 1 is 0.867 bits per heavy atom. The SMILES string of the molecule is CC/C=C/C/C=C/C/C=C/C/C=C/CCCCC(=O)OC(CC(=O)[O-])C[N+](C)(C)C. The fourth-order valence-corrected chi connectivity index (χ4v) is 2.81. The van der Waals surface area contributed by atoms with Gasteiger partial charge in [-0.3, -0.25) is 4.79 Å². The van der Waals surface area contributed by atoms with Gasteiger partial charge in [-0.2, -0.15) is 0 Å². The Labute approximate surface area is 183 Å². The van der Waals surface area contributed by atoms with E-state index in [9.17, 15) is 14.7 Å². The van der Waals surface area contributed by atoms with E-state index in [1.807, 2.05) is 21.1 Å². The van der Waals surface area contributed by atoms with Crippen LogP contribution in [0.5, 0.6) is 0 Å². The van der Waals surface area contributed by atoms with Gasteiger partial charge in [0.25, 0.3) is 0 Å². The van der Waals surface area contributed by atoms with Crippen molar-refractivity contribution in [2.24, 2.45) is 0 Å². The normalized spacial score (nSPS) is 13.7. The zero-order valence-electron chi connectivity index (χ0n) is 19.3. The van der Waals surface area contributed by atoms with Crippen LogP contribution in [0.3, 0.4) is 0 Å². The van der Waals surface area contributed by atoms with Gasteiger partial charge < -0.3 is 19.1 Å². The monoisotopic (exact) mass is 419 g/mol. The summed E-state index contributed by atoms with van der Waals surface area (Å²) < 4.78 is 5.87. The van der Waals surface area contributed by atoms with Crippen LogP contribution in [-0.2, 0) is 14.3 Å². The van der Waals surface area contributed by atoms with E-state index < -0.39 is 12.1 Å². The summed E-state index contributed by atoms with van der Waals surface area (Å²) in [7, 11) is 5.79. The number of esters is 1. The quantitative estimate of drug-likeness (QED) is 0.154. The number of carbonyl (C=O) groups excluding carboxylic acids is 2. The first-order chi connectivity index (χ1) is 14.2. The van der Waals surface area contributed by atoms with Crippen molar-refractivity contribution in [3.63, 3.8) is 0 Å². The minimum absolute atomic E-state index is 0.261. The number of rotatable bonds is 17. The molecule has 0 saturated heterocycles. The highest BCUT2D eigenvalue weighted by Gasteiger charge is 2.22. The van der Waals surface area contributed by atoms with Gasteiger partial charge in [0.1, 0.15) is 6.54 Å². The summed E-state index contributed by atoms with van der Waals surface area (Å²) >= 11 is 0. The summed E-state index contributed by atoms with van der Waals surface area (Å²) in [5.41, 5.74) is 0. The molecule has 0 heterocycles. The molecular formula is C25H41NO4. The average Bonchev–Trinajstić information content (AvgIpc) is 2.63. The van der Waals surface area contributed by atoms with Crippen molar-refractivity contribution in [1.29, 1.82) is 0 Å². The first-order valence-corrected chi connectivity index (χ1v) is 11.0. The van der Waals surface area contributed by atoms with E-state index in [0.29, 0.717) is 17.4 Å². The highest BCUT2D eigenvalue weighted by molar-refractivity contribution is 5.70. The number of unbranched alkanes of at least 4 members (excludes halogenated alkanes) is 2. The van der Waals surface area contributed by atoms with Gasteiger partial charge in [0, 0.05) is 18.8 Å². The minimum Gasteiger partial charge on any atom is -0.550 e. The highest BCUT2D eigenvalue weighted by atomic mass is 16.5. The number of likely N-dealkylation sites (N-methyl/N-ethyl adjacent to an activating group) is 1. The third-order valence-electron chi connectivity index (χ3n) is 4.16. The molecule has 0 spiro atoms. The van der Waals surface area contributed by atoms with Gasteiger partial charge >= 0.3 is 5.97 Å². The second kappa shape index (κ2) is 17.7. The van der Waals surface area contributed by atoms with E-state index in [1.165, 1.54) is 0 Å². The van der Waals surface area contributed by atoms with Crippen molar-refractivity contribution >= 4 is 11.9 Å². The summed E-state index contributed by atoms with van der Waals surface area (Å²) in [6.45, 7) is 2.58.